The molecule has 5 nitrogen and oxygen atoms in total. The standard InChI is InChI=1S/C15H24N4O/c1-9(2)14-17-7-12(16)13(18-14)15(20)19-6-5-10(3)11(4)8-19/h7,9-11H,5-6,8,16H2,1-4H3. The molecule has 1 aromatic rings. The lowest BCUT2D eigenvalue weighted by molar-refractivity contribution is 0.0622. The fraction of sp³-hybridized carbons (Fsp3) is 0.667. The van der Waals surface area contributed by atoms with E-state index in [0.717, 1.165) is 19.5 Å². The van der Waals surface area contributed by atoms with Crippen molar-refractivity contribution in [2.24, 2.45) is 11.8 Å². The molecule has 20 heavy (non-hydrogen) atoms. The molecule has 2 N–H and O–H groups in total. The molecule has 0 aromatic carbocycles. The number of anilines is 1. The summed E-state index contributed by atoms with van der Waals surface area (Å²) in [6, 6.07) is 0. The van der Waals surface area contributed by atoms with Gasteiger partial charge in [0.2, 0.25) is 0 Å². The first-order valence-corrected chi connectivity index (χ1v) is 7.31. The van der Waals surface area contributed by atoms with Crippen LogP contribution in [-0.4, -0.2) is 33.9 Å². The third kappa shape index (κ3) is 2.92. The Balaban J connectivity index is 2.22. The molecule has 0 aliphatic carbocycles. The van der Waals surface area contributed by atoms with E-state index in [4.69, 9.17) is 5.73 Å². The van der Waals surface area contributed by atoms with Crippen molar-refractivity contribution >= 4 is 11.6 Å². The number of nitrogens with zero attached hydrogens (tertiary/aromatic N) is 3. The van der Waals surface area contributed by atoms with Crippen molar-refractivity contribution in [3.8, 4) is 0 Å². The van der Waals surface area contributed by atoms with E-state index in [-0.39, 0.29) is 11.8 Å². The minimum Gasteiger partial charge on any atom is -0.396 e. The Morgan fingerprint density at radius 1 is 1.40 bits per heavy atom. The lowest BCUT2D eigenvalue weighted by Gasteiger charge is -2.35. The van der Waals surface area contributed by atoms with Gasteiger partial charge in [0, 0.05) is 19.0 Å². The number of likely N-dealkylation sites (tertiary alicyclic amines) is 1. The minimum absolute atomic E-state index is 0.0643. The maximum atomic E-state index is 12.6. The number of rotatable bonds is 2. The monoisotopic (exact) mass is 276 g/mol. The van der Waals surface area contributed by atoms with Gasteiger partial charge < -0.3 is 10.6 Å². The van der Waals surface area contributed by atoms with Crippen molar-refractivity contribution in [3.05, 3.63) is 17.7 Å². The quantitative estimate of drug-likeness (QED) is 0.899. The molecule has 2 atom stereocenters. The largest absolute Gasteiger partial charge is 0.396 e. The van der Waals surface area contributed by atoms with Gasteiger partial charge in [-0.15, -0.1) is 0 Å². The van der Waals surface area contributed by atoms with Crippen molar-refractivity contribution in [2.45, 2.75) is 40.0 Å². The molecule has 0 saturated carbocycles. The van der Waals surface area contributed by atoms with E-state index in [0.29, 0.717) is 29.0 Å². The molecule has 2 rings (SSSR count). The Labute approximate surface area is 120 Å². The van der Waals surface area contributed by atoms with Crippen LogP contribution in [0.2, 0.25) is 0 Å². The Morgan fingerprint density at radius 3 is 2.70 bits per heavy atom. The summed E-state index contributed by atoms with van der Waals surface area (Å²) in [5.41, 5.74) is 6.61. The minimum atomic E-state index is -0.0643. The van der Waals surface area contributed by atoms with E-state index >= 15 is 0 Å². The second kappa shape index (κ2) is 5.77. The van der Waals surface area contributed by atoms with Gasteiger partial charge in [-0.2, -0.15) is 0 Å². The number of carbonyl (C=O) groups is 1. The lowest BCUT2D eigenvalue weighted by Crippen LogP contribution is -2.42. The van der Waals surface area contributed by atoms with Gasteiger partial charge in [-0.1, -0.05) is 27.7 Å². The number of piperidine rings is 1. The molecule has 1 aliphatic heterocycles. The van der Waals surface area contributed by atoms with Crippen molar-refractivity contribution in [3.63, 3.8) is 0 Å². The zero-order valence-electron chi connectivity index (χ0n) is 12.8. The second-order valence-electron chi connectivity index (χ2n) is 6.18. The first kappa shape index (κ1) is 14.8. The molecule has 0 radical (unpaired) electrons. The van der Waals surface area contributed by atoms with Gasteiger partial charge in [0.1, 0.15) is 5.82 Å². The van der Waals surface area contributed by atoms with Crippen LogP contribution < -0.4 is 5.73 Å². The van der Waals surface area contributed by atoms with Gasteiger partial charge in [0.15, 0.2) is 5.69 Å². The van der Waals surface area contributed by atoms with E-state index in [1.807, 2.05) is 18.7 Å². The Kier molecular flexibility index (Phi) is 4.26. The molecule has 110 valence electrons. The zero-order valence-corrected chi connectivity index (χ0v) is 12.8. The highest BCUT2D eigenvalue weighted by molar-refractivity contribution is 5.97. The van der Waals surface area contributed by atoms with E-state index in [9.17, 15) is 4.79 Å². The van der Waals surface area contributed by atoms with Crippen LogP contribution in [0, 0.1) is 11.8 Å². The van der Waals surface area contributed by atoms with Crippen molar-refractivity contribution in [1.29, 1.82) is 0 Å². The van der Waals surface area contributed by atoms with Crippen LogP contribution >= 0.6 is 0 Å². The summed E-state index contributed by atoms with van der Waals surface area (Å²) in [7, 11) is 0. The SMILES string of the molecule is CC(C)c1ncc(N)c(C(=O)N2CCC(C)C(C)C2)n1. The number of carbonyl (C=O) groups excluding carboxylic acids is 1. The molecule has 0 bridgehead atoms. The molecule has 1 aromatic heterocycles. The number of aromatic nitrogens is 2. The molecule has 0 spiro atoms. The average molecular weight is 276 g/mol. The Morgan fingerprint density at radius 2 is 2.10 bits per heavy atom. The third-order valence-electron chi connectivity index (χ3n) is 4.18. The maximum absolute atomic E-state index is 12.6. The number of nitrogen functional groups attached to an aromatic ring is 1. The molecule has 1 saturated heterocycles. The van der Waals surface area contributed by atoms with E-state index < -0.39 is 0 Å². The summed E-state index contributed by atoms with van der Waals surface area (Å²) in [5.74, 6) is 1.96. The maximum Gasteiger partial charge on any atom is 0.274 e. The Hall–Kier alpha value is -1.65. The van der Waals surface area contributed by atoms with Crippen LogP contribution in [0.25, 0.3) is 0 Å². The summed E-state index contributed by atoms with van der Waals surface area (Å²) in [4.78, 5) is 23.0. The summed E-state index contributed by atoms with van der Waals surface area (Å²) in [6.07, 6.45) is 2.58. The number of hydrogen-bond acceptors (Lipinski definition) is 4. The first-order chi connectivity index (χ1) is 9.40. The van der Waals surface area contributed by atoms with E-state index in [1.54, 1.807) is 6.20 Å². The number of hydrogen-bond donors (Lipinski definition) is 1. The normalized spacial score (nSPS) is 23.1. The van der Waals surface area contributed by atoms with Gasteiger partial charge in [0.25, 0.3) is 5.91 Å². The number of amides is 1. The molecular weight excluding hydrogens is 252 g/mol. The number of nitrogens with two attached hydrogens (primary N) is 1. The topological polar surface area (TPSA) is 72.1 Å². The first-order valence-electron chi connectivity index (χ1n) is 7.31. The van der Waals surface area contributed by atoms with Crippen LogP contribution in [0.15, 0.2) is 6.20 Å². The molecule has 2 unspecified atom stereocenters. The second-order valence-corrected chi connectivity index (χ2v) is 6.18. The molecule has 1 aliphatic rings. The fourth-order valence-electron chi connectivity index (χ4n) is 2.45. The van der Waals surface area contributed by atoms with Gasteiger partial charge >= 0.3 is 0 Å². The summed E-state index contributed by atoms with van der Waals surface area (Å²) in [5, 5.41) is 0. The molecule has 1 amide bonds. The highest BCUT2D eigenvalue weighted by atomic mass is 16.2. The summed E-state index contributed by atoms with van der Waals surface area (Å²) < 4.78 is 0. The van der Waals surface area contributed by atoms with E-state index in [2.05, 4.69) is 23.8 Å². The van der Waals surface area contributed by atoms with Crippen molar-refractivity contribution in [2.75, 3.05) is 18.8 Å². The zero-order chi connectivity index (χ0) is 14.9. The van der Waals surface area contributed by atoms with Crippen LogP contribution in [0.5, 0.6) is 0 Å². The smallest absolute Gasteiger partial charge is 0.274 e. The summed E-state index contributed by atoms with van der Waals surface area (Å²) in [6.45, 7) is 10.00. The third-order valence-corrected chi connectivity index (χ3v) is 4.18. The molecule has 2 heterocycles. The molecular formula is C15H24N4O. The summed E-state index contributed by atoms with van der Waals surface area (Å²) >= 11 is 0. The van der Waals surface area contributed by atoms with E-state index in [1.165, 1.54) is 0 Å². The lowest BCUT2D eigenvalue weighted by atomic mass is 9.88. The predicted octanol–water partition coefficient (Wildman–Crippen LogP) is 2.30. The van der Waals surface area contributed by atoms with Crippen LogP contribution in [-0.2, 0) is 0 Å². The fourth-order valence-corrected chi connectivity index (χ4v) is 2.45. The van der Waals surface area contributed by atoms with Crippen molar-refractivity contribution < 1.29 is 4.79 Å². The van der Waals surface area contributed by atoms with Crippen LogP contribution in [0.4, 0.5) is 5.69 Å². The van der Waals surface area contributed by atoms with Crippen LogP contribution in [0.1, 0.15) is 56.3 Å². The highest BCUT2D eigenvalue weighted by Gasteiger charge is 2.28. The van der Waals surface area contributed by atoms with Crippen LogP contribution in [0.3, 0.4) is 0 Å². The van der Waals surface area contributed by atoms with Gasteiger partial charge in [0.05, 0.1) is 11.9 Å². The molecule has 5 heteroatoms. The van der Waals surface area contributed by atoms with Gasteiger partial charge in [-0.25, -0.2) is 9.97 Å². The predicted molar refractivity (Wildman–Crippen MR) is 79.4 cm³/mol. The molecule has 1 fully saturated rings. The highest BCUT2D eigenvalue weighted by Crippen LogP contribution is 2.24. The van der Waals surface area contributed by atoms with Crippen molar-refractivity contribution in [1.82, 2.24) is 14.9 Å². The Bertz CT molecular complexity index is 501. The average Bonchev–Trinajstić information content (AvgIpc) is 2.41. The van der Waals surface area contributed by atoms with Gasteiger partial charge in [-0.3, -0.25) is 4.79 Å². The van der Waals surface area contributed by atoms with Gasteiger partial charge in [-0.05, 0) is 18.3 Å².